The number of aromatic nitrogens is 1. The lowest BCUT2D eigenvalue weighted by Crippen LogP contribution is -2.19. The Balaban J connectivity index is 2.52. The normalized spacial score (nSPS) is 11.9. The van der Waals surface area contributed by atoms with Crippen LogP contribution in [-0.4, -0.2) is 33.0 Å². The number of nitrogens with one attached hydrogen (secondary N) is 1. The molecule has 0 unspecified atom stereocenters. The third-order valence-corrected chi connectivity index (χ3v) is 3.50. The van der Waals surface area contributed by atoms with Gasteiger partial charge in [-0.2, -0.15) is 0 Å². The lowest BCUT2D eigenvalue weighted by atomic mass is 10.4. The zero-order chi connectivity index (χ0) is 13.7. The summed E-state index contributed by atoms with van der Waals surface area (Å²) in [6.45, 7) is 1.51. The van der Waals surface area contributed by atoms with E-state index in [0.717, 1.165) is 11.8 Å². The van der Waals surface area contributed by atoms with Crippen molar-refractivity contribution in [3.05, 3.63) is 22.3 Å². The molecule has 0 aliphatic heterocycles. The predicted molar refractivity (Wildman–Crippen MR) is 72.4 cm³/mol. The summed E-state index contributed by atoms with van der Waals surface area (Å²) >= 11 is 12.5. The average molecular weight is 309 g/mol. The Morgan fingerprint density at radius 2 is 2.22 bits per heavy atom. The molecule has 1 rings (SSSR count). The second-order valence-electron chi connectivity index (χ2n) is 3.32. The Bertz CT molecular complexity index is 470. The predicted octanol–water partition coefficient (Wildman–Crippen LogP) is 2.53. The van der Waals surface area contributed by atoms with Crippen molar-refractivity contribution in [2.24, 2.45) is 0 Å². The van der Waals surface area contributed by atoms with Gasteiger partial charge in [-0.15, -0.1) is 11.8 Å². The van der Waals surface area contributed by atoms with E-state index in [-0.39, 0.29) is 22.5 Å². The van der Waals surface area contributed by atoms with Gasteiger partial charge in [0.05, 0.1) is 21.0 Å². The van der Waals surface area contributed by atoms with Gasteiger partial charge in [0.1, 0.15) is 0 Å². The lowest BCUT2D eigenvalue weighted by molar-refractivity contribution is -0.136. The number of rotatable bonds is 5. The summed E-state index contributed by atoms with van der Waals surface area (Å²) in [5.41, 5.74) is 0. The summed E-state index contributed by atoms with van der Waals surface area (Å²) in [5.74, 6) is -1.12. The number of nitrogens with zero attached hydrogens (tertiary/aromatic N) is 1. The van der Waals surface area contributed by atoms with Gasteiger partial charge in [0.15, 0.2) is 5.82 Å². The minimum atomic E-state index is -0.963. The fourth-order valence-electron chi connectivity index (χ4n) is 0.947. The first-order valence-electron chi connectivity index (χ1n) is 4.85. The number of pyridine rings is 1. The number of anilines is 1. The molecule has 0 radical (unpaired) electrons. The second-order valence-corrected chi connectivity index (χ2v) is 5.50. The number of carbonyl (C=O) groups excluding carboxylic acids is 1. The van der Waals surface area contributed by atoms with E-state index in [1.165, 1.54) is 19.2 Å². The van der Waals surface area contributed by atoms with Gasteiger partial charge >= 0.3 is 5.97 Å². The molecule has 1 amide bonds. The zero-order valence-corrected chi connectivity index (χ0v) is 11.6. The largest absolute Gasteiger partial charge is 0.480 e. The standard InChI is InChI=1S/C10H10Cl2N2O3S/c1-5(10(16)17)18-4-8(15)14-9-7(12)2-6(11)3-13-9/h2-3,5H,4H2,1H3,(H,16,17)(H,13,14,15)/t5-/m0/s1. The zero-order valence-electron chi connectivity index (χ0n) is 9.31. The Hall–Kier alpha value is -0.980. The molecule has 8 heteroatoms. The summed E-state index contributed by atoms with van der Waals surface area (Å²) in [5, 5.41) is 11.1. The first kappa shape index (κ1) is 15.1. The molecule has 18 heavy (non-hydrogen) atoms. The number of amides is 1. The highest BCUT2D eigenvalue weighted by atomic mass is 35.5. The van der Waals surface area contributed by atoms with Crippen LogP contribution < -0.4 is 5.32 Å². The molecule has 0 spiro atoms. The van der Waals surface area contributed by atoms with Gasteiger partial charge in [-0.25, -0.2) is 4.98 Å². The minimum absolute atomic E-state index is 0.00804. The molecule has 1 atom stereocenters. The highest BCUT2D eigenvalue weighted by Gasteiger charge is 2.14. The number of carboxylic acids is 1. The van der Waals surface area contributed by atoms with Crippen molar-refractivity contribution in [1.82, 2.24) is 4.98 Å². The first-order valence-corrected chi connectivity index (χ1v) is 6.66. The number of carboxylic acid groups (broad SMARTS) is 1. The van der Waals surface area contributed by atoms with Gasteiger partial charge in [-0.1, -0.05) is 23.2 Å². The Morgan fingerprint density at radius 1 is 1.56 bits per heavy atom. The molecule has 0 aromatic carbocycles. The van der Waals surface area contributed by atoms with E-state index in [0.29, 0.717) is 5.02 Å². The third-order valence-electron chi connectivity index (χ3n) is 1.88. The molecule has 1 aromatic heterocycles. The van der Waals surface area contributed by atoms with Crippen LogP contribution in [0.2, 0.25) is 10.0 Å². The van der Waals surface area contributed by atoms with E-state index in [9.17, 15) is 9.59 Å². The summed E-state index contributed by atoms with van der Waals surface area (Å²) in [6.07, 6.45) is 1.36. The molecule has 0 saturated carbocycles. The van der Waals surface area contributed by atoms with E-state index >= 15 is 0 Å². The van der Waals surface area contributed by atoms with Crippen molar-refractivity contribution in [3.63, 3.8) is 0 Å². The fourth-order valence-corrected chi connectivity index (χ4v) is 1.99. The monoisotopic (exact) mass is 308 g/mol. The van der Waals surface area contributed by atoms with Gasteiger partial charge in [0.2, 0.25) is 5.91 Å². The van der Waals surface area contributed by atoms with E-state index in [2.05, 4.69) is 10.3 Å². The van der Waals surface area contributed by atoms with Gasteiger partial charge in [-0.05, 0) is 13.0 Å². The number of aliphatic carboxylic acids is 1. The van der Waals surface area contributed by atoms with Crippen LogP contribution in [0.1, 0.15) is 6.92 Å². The SMILES string of the molecule is C[C@H](SCC(=O)Nc1ncc(Cl)cc1Cl)C(=O)O. The summed E-state index contributed by atoms with van der Waals surface area (Å²) in [4.78, 5) is 25.9. The van der Waals surface area contributed by atoms with Crippen molar-refractivity contribution >= 4 is 52.7 Å². The molecule has 1 aromatic rings. The molecule has 2 N–H and O–H groups in total. The maximum atomic E-state index is 11.5. The number of hydrogen-bond donors (Lipinski definition) is 2. The van der Waals surface area contributed by atoms with Crippen LogP contribution in [-0.2, 0) is 9.59 Å². The molecule has 5 nitrogen and oxygen atoms in total. The smallest absolute Gasteiger partial charge is 0.316 e. The topological polar surface area (TPSA) is 79.3 Å². The highest BCUT2D eigenvalue weighted by molar-refractivity contribution is 8.01. The molecule has 0 aliphatic carbocycles. The number of carbonyl (C=O) groups is 2. The third kappa shape index (κ3) is 4.72. The maximum absolute atomic E-state index is 11.5. The Labute approximate surface area is 118 Å². The van der Waals surface area contributed by atoms with Crippen molar-refractivity contribution < 1.29 is 14.7 Å². The number of halogens is 2. The maximum Gasteiger partial charge on any atom is 0.316 e. The van der Waals surface area contributed by atoms with Crippen LogP contribution in [0.5, 0.6) is 0 Å². The van der Waals surface area contributed by atoms with E-state index < -0.39 is 11.2 Å². The van der Waals surface area contributed by atoms with E-state index in [1.807, 2.05) is 0 Å². The fraction of sp³-hybridized carbons (Fsp3) is 0.300. The molecule has 0 bridgehead atoms. The van der Waals surface area contributed by atoms with E-state index in [4.69, 9.17) is 28.3 Å². The first-order chi connectivity index (χ1) is 8.40. The quantitative estimate of drug-likeness (QED) is 0.874. The summed E-state index contributed by atoms with van der Waals surface area (Å²) in [6, 6.07) is 1.46. The van der Waals surface area contributed by atoms with Crippen LogP contribution in [0, 0.1) is 0 Å². The Morgan fingerprint density at radius 3 is 2.78 bits per heavy atom. The van der Waals surface area contributed by atoms with E-state index in [1.54, 1.807) is 0 Å². The molecule has 0 saturated heterocycles. The van der Waals surface area contributed by atoms with Crippen LogP contribution in [0.15, 0.2) is 12.3 Å². The summed E-state index contributed by atoms with van der Waals surface area (Å²) in [7, 11) is 0. The average Bonchev–Trinajstić information content (AvgIpc) is 2.29. The number of thioether (sulfide) groups is 1. The van der Waals surface area contributed by atoms with Gasteiger partial charge in [0, 0.05) is 6.20 Å². The van der Waals surface area contributed by atoms with Crippen LogP contribution in [0.3, 0.4) is 0 Å². The molecular weight excluding hydrogens is 299 g/mol. The Kier molecular flexibility index (Phi) is 5.71. The van der Waals surface area contributed by atoms with Gasteiger partial charge in [-0.3, -0.25) is 9.59 Å². The number of hydrogen-bond acceptors (Lipinski definition) is 4. The van der Waals surface area contributed by atoms with Crippen LogP contribution in [0.25, 0.3) is 0 Å². The molecule has 98 valence electrons. The molecular formula is C10H10Cl2N2O3S. The van der Waals surface area contributed by atoms with Crippen molar-refractivity contribution in [2.45, 2.75) is 12.2 Å². The van der Waals surface area contributed by atoms with Crippen molar-refractivity contribution in [3.8, 4) is 0 Å². The molecule has 0 fully saturated rings. The molecule has 0 aliphatic rings. The van der Waals surface area contributed by atoms with Crippen molar-refractivity contribution in [2.75, 3.05) is 11.1 Å². The lowest BCUT2D eigenvalue weighted by Gasteiger charge is -2.08. The van der Waals surface area contributed by atoms with Crippen molar-refractivity contribution in [1.29, 1.82) is 0 Å². The van der Waals surface area contributed by atoms with Crippen LogP contribution in [0.4, 0.5) is 5.82 Å². The minimum Gasteiger partial charge on any atom is -0.480 e. The summed E-state index contributed by atoms with van der Waals surface area (Å²) < 4.78 is 0. The van der Waals surface area contributed by atoms with Crippen LogP contribution >= 0.6 is 35.0 Å². The molecule has 1 heterocycles. The highest BCUT2D eigenvalue weighted by Crippen LogP contribution is 2.22. The van der Waals surface area contributed by atoms with Gasteiger partial charge in [0.25, 0.3) is 0 Å². The second kappa shape index (κ2) is 6.82. The van der Waals surface area contributed by atoms with Gasteiger partial charge < -0.3 is 10.4 Å².